The van der Waals surface area contributed by atoms with Gasteiger partial charge >= 0.3 is 23.9 Å². The number of carbonyl (C=O) groups is 6. The van der Waals surface area contributed by atoms with Crippen molar-refractivity contribution >= 4 is 35.7 Å². The van der Waals surface area contributed by atoms with Crippen LogP contribution in [0.4, 0.5) is 0 Å². The number of carboxylic acid groups (broad SMARTS) is 4. The first-order chi connectivity index (χ1) is 15.6. The van der Waals surface area contributed by atoms with Crippen LogP contribution in [-0.4, -0.2) is 68.2 Å². The van der Waals surface area contributed by atoms with E-state index in [1.807, 2.05) is 0 Å². The first kappa shape index (κ1) is 28.1. The zero-order chi connectivity index (χ0) is 26.3. The number of benzene rings is 1. The number of rotatable bonds is 12. The van der Waals surface area contributed by atoms with Crippen molar-refractivity contribution in [2.24, 2.45) is 11.8 Å². The maximum atomic E-state index is 12.8. The van der Waals surface area contributed by atoms with E-state index in [2.05, 4.69) is 10.6 Å². The Hall–Kier alpha value is -3.96. The third-order valence-electron chi connectivity index (χ3n) is 4.73. The Labute approximate surface area is 195 Å². The summed E-state index contributed by atoms with van der Waals surface area (Å²) in [6.45, 7) is 6.85. The molecule has 0 radical (unpaired) electrons. The van der Waals surface area contributed by atoms with Crippen molar-refractivity contribution in [3.05, 3.63) is 34.4 Å². The van der Waals surface area contributed by atoms with Crippen molar-refractivity contribution < 1.29 is 49.2 Å². The van der Waals surface area contributed by atoms with E-state index in [1.54, 1.807) is 27.7 Å². The predicted octanol–water partition coefficient (Wildman–Crippen LogP) is 1.54. The van der Waals surface area contributed by atoms with Gasteiger partial charge in [0.2, 0.25) is 0 Å². The van der Waals surface area contributed by atoms with Crippen LogP contribution in [0.5, 0.6) is 0 Å². The Bertz CT molecular complexity index is 924. The largest absolute Gasteiger partial charge is 0.480 e. The molecule has 12 nitrogen and oxygen atoms in total. The molecular formula is C22H28N2O10. The van der Waals surface area contributed by atoms with Crippen molar-refractivity contribution in [1.82, 2.24) is 10.6 Å². The van der Waals surface area contributed by atoms with Gasteiger partial charge in [0.05, 0.1) is 22.3 Å². The average molecular weight is 480 g/mol. The second kappa shape index (κ2) is 11.8. The van der Waals surface area contributed by atoms with Crippen LogP contribution < -0.4 is 10.6 Å². The third kappa shape index (κ3) is 7.57. The summed E-state index contributed by atoms with van der Waals surface area (Å²) in [6, 6.07) is -1.42. The molecule has 0 aliphatic heterocycles. The van der Waals surface area contributed by atoms with Crippen molar-refractivity contribution in [2.45, 2.75) is 52.6 Å². The smallest absolute Gasteiger partial charge is 0.336 e. The third-order valence-corrected chi connectivity index (χ3v) is 4.73. The minimum Gasteiger partial charge on any atom is -0.480 e. The Kier molecular flexibility index (Phi) is 9.72. The molecule has 0 aliphatic carbocycles. The van der Waals surface area contributed by atoms with Crippen LogP contribution in [0.2, 0.25) is 0 Å². The first-order valence-corrected chi connectivity index (χ1v) is 10.4. The number of nitrogens with one attached hydrogen (secondary N) is 2. The normalized spacial score (nSPS) is 12.6. The number of hydrogen-bond donors (Lipinski definition) is 6. The number of aromatic carboxylic acids is 2. The van der Waals surface area contributed by atoms with Gasteiger partial charge in [-0.25, -0.2) is 19.2 Å². The van der Waals surface area contributed by atoms with Gasteiger partial charge < -0.3 is 31.1 Å². The molecule has 0 unspecified atom stereocenters. The van der Waals surface area contributed by atoms with Crippen LogP contribution in [0.1, 0.15) is 82.0 Å². The second-order valence-electron chi connectivity index (χ2n) is 8.54. The maximum absolute atomic E-state index is 12.8. The fourth-order valence-electron chi connectivity index (χ4n) is 3.19. The average Bonchev–Trinajstić information content (AvgIpc) is 2.70. The molecule has 0 spiro atoms. The van der Waals surface area contributed by atoms with E-state index >= 15 is 0 Å². The van der Waals surface area contributed by atoms with Crippen LogP contribution >= 0.6 is 0 Å². The molecule has 0 saturated carbocycles. The molecule has 0 aliphatic rings. The molecule has 1 aromatic carbocycles. The van der Waals surface area contributed by atoms with Crippen LogP contribution in [0.25, 0.3) is 0 Å². The molecule has 2 atom stereocenters. The highest BCUT2D eigenvalue weighted by Crippen LogP contribution is 2.20. The minimum atomic E-state index is -1.68. The topological polar surface area (TPSA) is 207 Å². The van der Waals surface area contributed by atoms with Gasteiger partial charge in [-0.05, 0) is 36.8 Å². The summed E-state index contributed by atoms with van der Waals surface area (Å²) in [5, 5.41) is 42.0. The first-order valence-electron chi connectivity index (χ1n) is 10.4. The summed E-state index contributed by atoms with van der Waals surface area (Å²) in [6.07, 6.45) is 0.0546. The Morgan fingerprint density at radius 3 is 1.15 bits per heavy atom. The second-order valence-corrected chi connectivity index (χ2v) is 8.54. The molecule has 0 saturated heterocycles. The summed E-state index contributed by atoms with van der Waals surface area (Å²) in [5.41, 5.74) is -2.82. The molecule has 6 N–H and O–H groups in total. The van der Waals surface area contributed by atoms with E-state index in [0.717, 1.165) is 0 Å². The van der Waals surface area contributed by atoms with Gasteiger partial charge in [-0.1, -0.05) is 27.7 Å². The van der Waals surface area contributed by atoms with E-state index < -0.39 is 70.0 Å². The van der Waals surface area contributed by atoms with Crippen LogP contribution in [0.3, 0.4) is 0 Å². The number of carboxylic acids is 4. The van der Waals surface area contributed by atoms with Gasteiger partial charge in [-0.3, -0.25) is 9.59 Å². The van der Waals surface area contributed by atoms with Gasteiger partial charge in [-0.15, -0.1) is 0 Å². The number of amides is 2. The van der Waals surface area contributed by atoms with Crippen LogP contribution in [-0.2, 0) is 9.59 Å². The summed E-state index contributed by atoms with van der Waals surface area (Å²) < 4.78 is 0. The highest BCUT2D eigenvalue weighted by Gasteiger charge is 2.30. The zero-order valence-corrected chi connectivity index (χ0v) is 19.1. The molecule has 1 aromatic rings. The zero-order valence-electron chi connectivity index (χ0n) is 19.1. The molecule has 1 rings (SSSR count). The van der Waals surface area contributed by atoms with Crippen molar-refractivity contribution in [3.8, 4) is 0 Å². The Morgan fingerprint density at radius 1 is 0.618 bits per heavy atom. The maximum Gasteiger partial charge on any atom is 0.336 e. The SMILES string of the molecule is CC(C)C[C@H](NC(=O)c1cc(C(=O)N[C@@H](CC(C)C)C(=O)O)c(C(=O)O)cc1C(=O)O)C(=O)O. The molecule has 0 aromatic heterocycles. The Morgan fingerprint density at radius 2 is 0.912 bits per heavy atom. The monoisotopic (exact) mass is 480 g/mol. The van der Waals surface area contributed by atoms with E-state index in [-0.39, 0.29) is 24.7 Å². The number of hydrogen-bond acceptors (Lipinski definition) is 6. The fraction of sp³-hybridized carbons (Fsp3) is 0.455. The predicted molar refractivity (Wildman–Crippen MR) is 117 cm³/mol. The van der Waals surface area contributed by atoms with E-state index in [1.165, 1.54) is 0 Å². The van der Waals surface area contributed by atoms with Crippen LogP contribution in [0.15, 0.2) is 12.1 Å². The lowest BCUT2D eigenvalue weighted by Gasteiger charge is -2.19. The molecule has 0 bridgehead atoms. The van der Waals surface area contributed by atoms with Crippen LogP contribution in [0, 0.1) is 11.8 Å². The molecule has 12 heteroatoms. The molecule has 0 fully saturated rings. The summed E-state index contributed by atoms with van der Waals surface area (Å²) in [4.78, 5) is 71.9. The van der Waals surface area contributed by atoms with E-state index in [4.69, 9.17) is 0 Å². The van der Waals surface area contributed by atoms with Crippen molar-refractivity contribution in [2.75, 3.05) is 0 Å². The molecule has 186 valence electrons. The van der Waals surface area contributed by atoms with Crippen molar-refractivity contribution in [1.29, 1.82) is 0 Å². The minimum absolute atomic E-state index is 0.0273. The molecule has 34 heavy (non-hydrogen) atoms. The summed E-state index contributed by atoms with van der Waals surface area (Å²) in [7, 11) is 0. The highest BCUT2D eigenvalue weighted by molar-refractivity contribution is 6.12. The highest BCUT2D eigenvalue weighted by atomic mass is 16.4. The summed E-state index contributed by atoms with van der Waals surface area (Å²) >= 11 is 0. The van der Waals surface area contributed by atoms with E-state index in [9.17, 15) is 49.2 Å². The van der Waals surface area contributed by atoms with E-state index in [0.29, 0.717) is 12.1 Å². The van der Waals surface area contributed by atoms with Gasteiger partial charge in [-0.2, -0.15) is 0 Å². The molecule has 0 heterocycles. The standard InChI is InChI=1S/C22H28N2O10/c1-9(2)5-15(21(31)32)23-17(25)11-7-12(14(20(29)30)8-13(11)19(27)28)18(26)24-16(22(33)34)6-10(3)4/h7-10,15-16H,5-6H2,1-4H3,(H,23,25)(H,24,26)(H,27,28)(H,29,30)(H,31,32)(H,33,34)/t15-,16-/m0/s1. The molecule has 2 amide bonds. The number of carbonyl (C=O) groups excluding carboxylic acids is 2. The number of aliphatic carboxylic acids is 2. The molecular weight excluding hydrogens is 452 g/mol. The van der Waals surface area contributed by atoms with Gasteiger partial charge in [0, 0.05) is 0 Å². The van der Waals surface area contributed by atoms with Gasteiger partial charge in [0.1, 0.15) is 12.1 Å². The Balaban J connectivity index is 3.55. The lowest BCUT2D eigenvalue weighted by atomic mass is 9.95. The van der Waals surface area contributed by atoms with Crippen molar-refractivity contribution in [3.63, 3.8) is 0 Å². The lowest BCUT2D eigenvalue weighted by molar-refractivity contribution is -0.140. The lowest BCUT2D eigenvalue weighted by Crippen LogP contribution is -2.43. The van der Waals surface area contributed by atoms with Gasteiger partial charge in [0.25, 0.3) is 11.8 Å². The fourth-order valence-corrected chi connectivity index (χ4v) is 3.19. The summed E-state index contributed by atoms with van der Waals surface area (Å²) in [5.74, 6) is -8.65. The quantitative estimate of drug-likeness (QED) is 0.254. The van der Waals surface area contributed by atoms with Gasteiger partial charge in [0.15, 0.2) is 0 Å².